The summed E-state index contributed by atoms with van der Waals surface area (Å²) in [7, 11) is 2.07. The summed E-state index contributed by atoms with van der Waals surface area (Å²) in [6.07, 6.45) is 0. The first-order valence-electron chi connectivity index (χ1n) is 6.06. The first kappa shape index (κ1) is 13.7. The van der Waals surface area contributed by atoms with Crippen molar-refractivity contribution in [3.05, 3.63) is 34.4 Å². The molecular weight excluding hydrogens is 264 g/mol. The van der Waals surface area contributed by atoms with E-state index in [4.69, 9.17) is 12.2 Å². The molecule has 1 saturated heterocycles. The summed E-state index contributed by atoms with van der Waals surface area (Å²) in [5.74, 6) is 0. The predicted molar refractivity (Wildman–Crippen MR) is 78.4 cm³/mol. The number of para-hydroxylation sites is 2. The van der Waals surface area contributed by atoms with Crippen LogP contribution in [0.4, 0.5) is 11.4 Å². The number of anilines is 1. The van der Waals surface area contributed by atoms with Crippen LogP contribution in [0.2, 0.25) is 0 Å². The Labute approximate surface area is 117 Å². The highest BCUT2D eigenvalue weighted by molar-refractivity contribution is 7.80. The maximum absolute atomic E-state index is 10.9. The van der Waals surface area contributed by atoms with Crippen LogP contribution in [0.15, 0.2) is 24.3 Å². The molecule has 102 valence electrons. The zero-order valence-electron chi connectivity index (χ0n) is 10.7. The van der Waals surface area contributed by atoms with Crippen LogP contribution < -0.4 is 5.32 Å². The molecule has 2 rings (SSSR count). The number of rotatable bonds is 2. The molecule has 1 aliphatic rings. The molecule has 0 saturated carbocycles. The SMILES string of the molecule is CN1CCN(C(=S)Nc2ccccc2[N+](=O)[O-])CC1. The molecule has 0 bridgehead atoms. The predicted octanol–water partition coefficient (Wildman–Crippen LogP) is 1.54. The average Bonchev–Trinajstić information content (AvgIpc) is 2.39. The Morgan fingerprint density at radius 2 is 1.95 bits per heavy atom. The van der Waals surface area contributed by atoms with E-state index < -0.39 is 4.92 Å². The van der Waals surface area contributed by atoms with Crippen molar-refractivity contribution in [2.45, 2.75) is 0 Å². The molecule has 0 amide bonds. The number of hydrogen-bond donors (Lipinski definition) is 1. The van der Waals surface area contributed by atoms with E-state index in [0.717, 1.165) is 26.2 Å². The molecule has 0 unspecified atom stereocenters. The van der Waals surface area contributed by atoms with Crippen LogP contribution in [-0.2, 0) is 0 Å². The van der Waals surface area contributed by atoms with E-state index in [9.17, 15) is 10.1 Å². The second-order valence-corrected chi connectivity index (χ2v) is 4.88. The van der Waals surface area contributed by atoms with E-state index in [1.54, 1.807) is 18.2 Å². The summed E-state index contributed by atoms with van der Waals surface area (Å²) in [5.41, 5.74) is 0.482. The van der Waals surface area contributed by atoms with Gasteiger partial charge in [-0.2, -0.15) is 0 Å². The summed E-state index contributed by atoms with van der Waals surface area (Å²) in [5, 5.41) is 14.4. The molecule has 1 fully saturated rings. The van der Waals surface area contributed by atoms with Crippen molar-refractivity contribution in [1.29, 1.82) is 0 Å². The molecule has 1 aromatic carbocycles. The van der Waals surface area contributed by atoms with E-state index in [1.807, 2.05) is 4.90 Å². The van der Waals surface area contributed by atoms with E-state index in [1.165, 1.54) is 6.07 Å². The topological polar surface area (TPSA) is 61.6 Å². The van der Waals surface area contributed by atoms with E-state index in [-0.39, 0.29) is 5.69 Å². The summed E-state index contributed by atoms with van der Waals surface area (Å²) in [6.45, 7) is 3.56. The first-order chi connectivity index (χ1) is 9.08. The molecule has 0 spiro atoms. The molecule has 1 heterocycles. The van der Waals surface area contributed by atoms with Gasteiger partial charge in [-0.25, -0.2) is 0 Å². The maximum Gasteiger partial charge on any atom is 0.292 e. The van der Waals surface area contributed by atoms with Crippen molar-refractivity contribution in [3.8, 4) is 0 Å². The van der Waals surface area contributed by atoms with Gasteiger partial charge in [0.2, 0.25) is 0 Å². The Morgan fingerprint density at radius 1 is 1.32 bits per heavy atom. The summed E-state index contributed by atoms with van der Waals surface area (Å²) in [6, 6.07) is 6.53. The molecular formula is C12H16N4O2S. The lowest BCUT2D eigenvalue weighted by Gasteiger charge is -2.34. The monoisotopic (exact) mass is 280 g/mol. The molecule has 1 aliphatic heterocycles. The van der Waals surface area contributed by atoms with Crippen molar-refractivity contribution in [3.63, 3.8) is 0 Å². The van der Waals surface area contributed by atoms with Crippen molar-refractivity contribution >= 4 is 28.7 Å². The number of nitro benzene ring substituents is 1. The van der Waals surface area contributed by atoms with Crippen LogP contribution in [0.3, 0.4) is 0 Å². The van der Waals surface area contributed by atoms with Crippen molar-refractivity contribution in [1.82, 2.24) is 9.80 Å². The van der Waals surface area contributed by atoms with E-state index >= 15 is 0 Å². The number of nitro groups is 1. The van der Waals surface area contributed by atoms with Crippen LogP contribution in [0.25, 0.3) is 0 Å². The molecule has 0 atom stereocenters. The summed E-state index contributed by atoms with van der Waals surface area (Å²) in [4.78, 5) is 14.8. The van der Waals surface area contributed by atoms with Gasteiger partial charge in [0.25, 0.3) is 5.69 Å². The molecule has 7 heteroatoms. The van der Waals surface area contributed by atoms with Crippen LogP contribution >= 0.6 is 12.2 Å². The van der Waals surface area contributed by atoms with Gasteiger partial charge in [0.15, 0.2) is 5.11 Å². The van der Waals surface area contributed by atoms with Crippen LogP contribution in [-0.4, -0.2) is 53.1 Å². The number of thiocarbonyl (C=S) groups is 1. The van der Waals surface area contributed by atoms with Gasteiger partial charge in [-0.3, -0.25) is 10.1 Å². The Hall–Kier alpha value is -1.73. The number of benzene rings is 1. The highest BCUT2D eigenvalue weighted by Gasteiger charge is 2.19. The van der Waals surface area contributed by atoms with Crippen molar-refractivity contribution < 1.29 is 4.92 Å². The molecule has 0 aliphatic carbocycles. The third-order valence-corrected chi connectivity index (χ3v) is 3.49. The summed E-state index contributed by atoms with van der Waals surface area (Å²) >= 11 is 5.31. The molecule has 1 N–H and O–H groups in total. The number of hydrogen-bond acceptors (Lipinski definition) is 4. The zero-order chi connectivity index (χ0) is 13.8. The fourth-order valence-corrected chi connectivity index (χ4v) is 2.23. The number of nitrogens with one attached hydrogen (secondary N) is 1. The number of likely N-dealkylation sites (N-methyl/N-ethyl adjacent to an activating group) is 1. The molecule has 6 nitrogen and oxygen atoms in total. The molecule has 0 aromatic heterocycles. The lowest BCUT2D eigenvalue weighted by Crippen LogP contribution is -2.48. The van der Waals surface area contributed by atoms with Gasteiger partial charge in [0, 0.05) is 32.2 Å². The standard InChI is InChI=1S/C12H16N4O2S/c1-14-6-8-15(9-7-14)12(19)13-10-4-2-3-5-11(10)16(17)18/h2-5H,6-9H2,1H3,(H,13,19). The van der Waals surface area contributed by atoms with E-state index in [0.29, 0.717) is 10.8 Å². The minimum absolute atomic E-state index is 0.0407. The van der Waals surface area contributed by atoms with Crippen LogP contribution in [0.1, 0.15) is 0 Å². The second-order valence-electron chi connectivity index (χ2n) is 4.49. The molecule has 0 radical (unpaired) electrons. The third kappa shape index (κ3) is 3.39. The normalized spacial score (nSPS) is 16.2. The Balaban J connectivity index is 2.05. The molecule has 1 aromatic rings. The summed E-state index contributed by atoms with van der Waals surface area (Å²) < 4.78 is 0. The fourth-order valence-electron chi connectivity index (χ4n) is 1.94. The van der Waals surface area contributed by atoms with Crippen molar-refractivity contribution in [2.24, 2.45) is 0 Å². The van der Waals surface area contributed by atoms with Gasteiger partial charge in [0.05, 0.1) is 4.92 Å². The Morgan fingerprint density at radius 3 is 2.58 bits per heavy atom. The zero-order valence-corrected chi connectivity index (χ0v) is 11.5. The van der Waals surface area contributed by atoms with Crippen LogP contribution in [0, 0.1) is 10.1 Å². The average molecular weight is 280 g/mol. The Bertz CT molecular complexity index is 486. The van der Waals surface area contributed by atoms with Gasteiger partial charge < -0.3 is 15.1 Å². The third-order valence-electron chi connectivity index (χ3n) is 3.13. The van der Waals surface area contributed by atoms with Gasteiger partial charge in [-0.05, 0) is 25.3 Å². The fraction of sp³-hybridized carbons (Fsp3) is 0.417. The highest BCUT2D eigenvalue weighted by Crippen LogP contribution is 2.23. The quantitative estimate of drug-likeness (QED) is 0.504. The van der Waals surface area contributed by atoms with Crippen LogP contribution in [0.5, 0.6) is 0 Å². The number of nitrogens with zero attached hydrogens (tertiary/aromatic N) is 3. The van der Waals surface area contributed by atoms with Gasteiger partial charge in [0.1, 0.15) is 5.69 Å². The number of piperazine rings is 1. The minimum Gasteiger partial charge on any atom is -0.346 e. The largest absolute Gasteiger partial charge is 0.346 e. The molecule has 19 heavy (non-hydrogen) atoms. The first-order valence-corrected chi connectivity index (χ1v) is 6.46. The Kier molecular flexibility index (Phi) is 4.28. The second kappa shape index (κ2) is 5.94. The minimum atomic E-state index is -0.408. The smallest absolute Gasteiger partial charge is 0.292 e. The highest BCUT2D eigenvalue weighted by atomic mass is 32.1. The lowest BCUT2D eigenvalue weighted by atomic mass is 10.2. The van der Waals surface area contributed by atoms with Crippen molar-refractivity contribution in [2.75, 3.05) is 38.5 Å². The maximum atomic E-state index is 10.9. The van der Waals surface area contributed by atoms with Gasteiger partial charge in [-0.1, -0.05) is 12.1 Å². The lowest BCUT2D eigenvalue weighted by molar-refractivity contribution is -0.383. The van der Waals surface area contributed by atoms with Gasteiger partial charge >= 0.3 is 0 Å². The van der Waals surface area contributed by atoms with E-state index in [2.05, 4.69) is 17.3 Å². The van der Waals surface area contributed by atoms with Gasteiger partial charge in [-0.15, -0.1) is 0 Å².